The number of amides is 2. The molecule has 4 nitrogen and oxygen atoms in total. The van der Waals surface area contributed by atoms with E-state index in [2.05, 4.69) is 10.6 Å². The van der Waals surface area contributed by atoms with E-state index in [1.165, 1.54) is 0 Å². The average Bonchev–Trinajstić information content (AvgIpc) is 2.40. The van der Waals surface area contributed by atoms with Crippen LogP contribution in [-0.2, 0) is 16.0 Å². The molecule has 0 aliphatic rings. The summed E-state index contributed by atoms with van der Waals surface area (Å²) in [4.78, 5) is 22.7. The van der Waals surface area contributed by atoms with Crippen LogP contribution in [0.4, 0.5) is 0 Å². The molecule has 0 saturated heterocycles. The maximum Gasteiger partial charge on any atom is 0.309 e. The van der Waals surface area contributed by atoms with E-state index in [1.54, 1.807) is 0 Å². The molecule has 4 heteroatoms. The Morgan fingerprint density at radius 3 is 2.22 bits per heavy atom. The summed E-state index contributed by atoms with van der Waals surface area (Å²) in [7, 11) is 0. The Labute approximate surface area is 108 Å². The highest BCUT2D eigenvalue weighted by Crippen LogP contribution is 1.97. The van der Waals surface area contributed by atoms with Gasteiger partial charge in [0.15, 0.2) is 0 Å². The Hall–Kier alpha value is -1.84. The summed E-state index contributed by atoms with van der Waals surface area (Å²) in [5.41, 5.74) is 1.14. The largest absolute Gasteiger partial charge is 0.348 e. The lowest BCUT2D eigenvalue weighted by atomic mass is 10.1. The minimum atomic E-state index is -0.554. The highest BCUT2D eigenvalue weighted by atomic mass is 16.2. The maximum absolute atomic E-state index is 11.4. The summed E-state index contributed by atoms with van der Waals surface area (Å²) in [6.07, 6.45) is 2.62. The molecule has 18 heavy (non-hydrogen) atoms. The monoisotopic (exact) mass is 248 g/mol. The summed E-state index contributed by atoms with van der Waals surface area (Å²) in [6, 6.07) is 9.84. The van der Waals surface area contributed by atoms with E-state index in [0.717, 1.165) is 24.8 Å². The predicted octanol–water partition coefficient (Wildman–Crippen LogP) is 1.26. The quantitative estimate of drug-likeness (QED) is 0.588. The minimum Gasteiger partial charge on any atom is -0.348 e. The molecule has 1 rings (SSSR count). The van der Waals surface area contributed by atoms with Crippen molar-refractivity contribution in [3.8, 4) is 0 Å². The molecule has 1 aromatic rings. The van der Waals surface area contributed by atoms with Gasteiger partial charge in [-0.25, -0.2) is 0 Å². The molecular weight excluding hydrogens is 228 g/mol. The number of carbonyl (C=O) groups is 2. The molecule has 0 bridgehead atoms. The minimum absolute atomic E-state index is 0.476. The number of unbranched alkanes of at least 4 members (excludes halogenated alkanes) is 1. The van der Waals surface area contributed by atoms with E-state index in [4.69, 9.17) is 0 Å². The van der Waals surface area contributed by atoms with Gasteiger partial charge in [-0.2, -0.15) is 0 Å². The van der Waals surface area contributed by atoms with Crippen LogP contribution in [0.3, 0.4) is 0 Å². The lowest BCUT2D eigenvalue weighted by Crippen LogP contribution is -2.40. The molecule has 2 amide bonds. The number of hydrogen-bond donors (Lipinski definition) is 2. The summed E-state index contributed by atoms with van der Waals surface area (Å²) in [5, 5.41) is 5.19. The number of nitrogens with one attached hydrogen (secondary N) is 2. The molecule has 0 aromatic heterocycles. The first-order valence-electron chi connectivity index (χ1n) is 6.34. The highest BCUT2D eigenvalue weighted by Gasteiger charge is 2.11. The molecule has 98 valence electrons. The first-order chi connectivity index (χ1) is 8.74. The zero-order chi connectivity index (χ0) is 13.2. The smallest absolute Gasteiger partial charge is 0.309 e. The van der Waals surface area contributed by atoms with Crippen LogP contribution >= 0.6 is 0 Å². The van der Waals surface area contributed by atoms with Crippen molar-refractivity contribution in [3.63, 3.8) is 0 Å². The van der Waals surface area contributed by atoms with Crippen molar-refractivity contribution in [1.82, 2.24) is 10.6 Å². The van der Waals surface area contributed by atoms with Gasteiger partial charge in [-0.3, -0.25) is 9.59 Å². The summed E-state index contributed by atoms with van der Waals surface area (Å²) in [6.45, 7) is 3.07. The molecule has 0 aliphatic carbocycles. The first kappa shape index (κ1) is 14.2. The van der Waals surface area contributed by atoms with Crippen LogP contribution in [0.15, 0.2) is 30.3 Å². The Morgan fingerprint density at radius 1 is 1.00 bits per heavy atom. The number of carbonyl (C=O) groups excluding carboxylic acids is 2. The van der Waals surface area contributed by atoms with Crippen LogP contribution in [0.1, 0.15) is 25.3 Å². The predicted molar refractivity (Wildman–Crippen MR) is 71.1 cm³/mol. The van der Waals surface area contributed by atoms with E-state index in [-0.39, 0.29) is 0 Å². The van der Waals surface area contributed by atoms with E-state index in [0.29, 0.717) is 13.1 Å². The lowest BCUT2D eigenvalue weighted by molar-refractivity contribution is -0.139. The highest BCUT2D eigenvalue weighted by molar-refractivity contribution is 6.35. The fourth-order valence-corrected chi connectivity index (χ4v) is 1.50. The normalized spacial score (nSPS) is 9.83. The Kier molecular flexibility index (Phi) is 6.54. The Balaban J connectivity index is 2.18. The van der Waals surface area contributed by atoms with Crippen molar-refractivity contribution in [2.45, 2.75) is 26.2 Å². The second-order valence-electron chi connectivity index (χ2n) is 4.10. The van der Waals surface area contributed by atoms with Crippen LogP contribution in [0.2, 0.25) is 0 Å². The summed E-state index contributed by atoms with van der Waals surface area (Å²) in [5.74, 6) is -1.10. The summed E-state index contributed by atoms with van der Waals surface area (Å²) < 4.78 is 0. The van der Waals surface area contributed by atoms with Gasteiger partial charge in [0, 0.05) is 13.1 Å². The number of rotatable bonds is 6. The van der Waals surface area contributed by atoms with E-state index in [1.807, 2.05) is 37.3 Å². The standard InChI is InChI=1S/C14H20N2O2/c1-2-3-10-15-13(17)14(18)16-11-9-12-7-5-4-6-8-12/h4-8H,2-3,9-11H2,1H3,(H,15,17)(H,16,18). The van der Waals surface area contributed by atoms with Gasteiger partial charge in [0.2, 0.25) is 0 Å². The van der Waals surface area contributed by atoms with Crippen LogP contribution in [-0.4, -0.2) is 24.9 Å². The van der Waals surface area contributed by atoms with Gasteiger partial charge in [0.05, 0.1) is 0 Å². The molecule has 0 spiro atoms. The van der Waals surface area contributed by atoms with E-state index < -0.39 is 11.8 Å². The van der Waals surface area contributed by atoms with Gasteiger partial charge >= 0.3 is 11.8 Å². The molecule has 0 radical (unpaired) electrons. The van der Waals surface area contributed by atoms with Crippen LogP contribution < -0.4 is 10.6 Å². The van der Waals surface area contributed by atoms with Crippen molar-refractivity contribution >= 4 is 11.8 Å². The fourth-order valence-electron chi connectivity index (χ4n) is 1.50. The zero-order valence-electron chi connectivity index (χ0n) is 10.7. The molecule has 2 N–H and O–H groups in total. The van der Waals surface area contributed by atoms with Crippen LogP contribution in [0.25, 0.3) is 0 Å². The van der Waals surface area contributed by atoms with Gasteiger partial charge in [-0.05, 0) is 18.4 Å². The molecule has 1 aromatic carbocycles. The van der Waals surface area contributed by atoms with Gasteiger partial charge in [0.25, 0.3) is 0 Å². The van der Waals surface area contributed by atoms with Gasteiger partial charge in [-0.1, -0.05) is 43.7 Å². The summed E-state index contributed by atoms with van der Waals surface area (Å²) >= 11 is 0. The third-order valence-corrected chi connectivity index (χ3v) is 2.56. The number of hydrogen-bond acceptors (Lipinski definition) is 2. The van der Waals surface area contributed by atoms with Gasteiger partial charge in [-0.15, -0.1) is 0 Å². The molecule has 0 saturated carbocycles. The van der Waals surface area contributed by atoms with Gasteiger partial charge in [0.1, 0.15) is 0 Å². The lowest BCUT2D eigenvalue weighted by Gasteiger charge is -2.06. The SMILES string of the molecule is CCCCNC(=O)C(=O)NCCc1ccccc1. The molecule has 0 fully saturated rings. The van der Waals surface area contributed by atoms with Crippen molar-refractivity contribution in [2.24, 2.45) is 0 Å². The third kappa shape index (κ3) is 5.48. The average molecular weight is 248 g/mol. The molecule has 0 heterocycles. The molecule has 0 aliphatic heterocycles. The first-order valence-corrected chi connectivity index (χ1v) is 6.34. The maximum atomic E-state index is 11.4. The second kappa shape index (κ2) is 8.28. The fraction of sp³-hybridized carbons (Fsp3) is 0.429. The molecule has 0 unspecified atom stereocenters. The topological polar surface area (TPSA) is 58.2 Å². The van der Waals surface area contributed by atoms with E-state index in [9.17, 15) is 9.59 Å². The Bertz CT molecular complexity index is 377. The van der Waals surface area contributed by atoms with Crippen LogP contribution in [0.5, 0.6) is 0 Å². The van der Waals surface area contributed by atoms with E-state index >= 15 is 0 Å². The van der Waals surface area contributed by atoms with Crippen molar-refractivity contribution in [2.75, 3.05) is 13.1 Å². The van der Waals surface area contributed by atoms with Crippen LogP contribution in [0, 0.1) is 0 Å². The molecule has 0 atom stereocenters. The zero-order valence-corrected chi connectivity index (χ0v) is 10.7. The van der Waals surface area contributed by atoms with Crippen molar-refractivity contribution < 1.29 is 9.59 Å². The van der Waals surface area contributed by atoms with Crippen molar-refractivity contribution in [1.29, 1.82) is 0 Å². The number of benzene rings is 1. The molecular formula is C14H20N2O2. The van der Waals surface area contributed by atoms with Crippen molar-refractivity contribution in [3.05, 3.63) is 35.9 Å². The second-order valence-corrected chi connectivity index (χ2v) is 4.10. The van der Waals surface area contributed by atoms with Gasteiger partial charge < -0.3 is 10.6 Å². The third-order valence-electron chi connectivity index (χ3n) is 2.56. The Morgan fingerprint density at radius 2 is 1.61 bits per heavy atom.